The molecule has 0 fully saturated rings. The molecule has 1 N–H and O–H groups in total. The molecule has 13 heavy (non-hydrogen) atoms. The van der Waals surface area contributed by atoms with Crippen molar-refractivity contribution in [2.24, 2.45) is 0 Å². The first-order valence-electron chi connectivity index (χ1n) is 4.75. The molecule has 0 aliphatic rings. The number of aliphatic hydroxyl groups is 1. The molecule has 0 saturated heterocycles. The van der Waals surface area contributed by atoms with Gasteiger partial charge in [-0.2, -0.15) is 0 Å². The van der Waals surface area contributed by atoms with Crippen LogP contribution < -0.4 is 0 Å². The van der Waals surface area contributed by atoms with Crippen LogP contribution in [0.3, 0.4) is 0 Å². The molecule has 0 heterocycles. The smallest absolute Gasteiger partial charge is 0.0541 e. The summed E-state index contributed by atoms with van der Waals surface area (Å²) in [4.78, 5) is 0. The van der Waals surface area contributed by atoms with Crippen LogP contribution in [0.4, 0.5) is 0 Å². The van der Waals surface area contributed by atoms with E-state index in [0.717, 1.165) is 19.3 Å². The van der Waals surface area contributed by atoms with Crippen molar-refractivity contribution in [3.63, 3.8) is 0 Å². The fourth-order valence-corrected chi connectivity index (χ4v) is 1.41. The molecule has 1 radical (unpaired) electrons. The summed E-state index contributed by atoms with van der Waals surface area (Å²) in [6.45, 7) is 5.64. The highest BCUT2D eigenvalue weighted by Gasteiger charge is 1.97. The van der Waals surface area contributed by atoms with Crippen LogP contribution in [0, 0.1) is 13.8 Å². The lowest BCUT2D eigenvalue weighted by atomic mass is 10.0. The Morgan fingerprint density at radius 1 is 1.46 bits per heavy atom. The predicted molar refractivity (Wildman–Crippen MR) is 55.5 cm³/mol. The molecule has 71 valence electrons. The summed E-state index contributed by atoms with van der Waals surface area (Å²) in [6.07, 6.45) is 2.42. The lowest BCUT2D eigenvalue weighted by Crippen LogP contribution is -2.00. The van der Waals surface area contributed by atoms with E-state index in [0.29, 0.717) is 0 Å². The Hall–Kier alpha value is -0.820. The SMILES string of the molecule is [CH2]C(O)CCCc1cccc(C)c1. The maximum atomic E-state index is 8.97. The zero-order chi connectivity index (χ0) is 9.68. The molecule has 0 aliphatic heterocycles. The predicted octanol–water partition coefficient (Wildman–Crippen LogP) is 2.51. The minimum Gasteiger partial charge on any atom is -0.393 e. The number of aliphatic hydroxyl groups excluding tert-OH is 1. The van der Waals surface area contributed by atoms with Gasteiger partial charge in [0.05, 0.1) is 6.10 Å². The molecule has 1 atom stereocenters. The Labute approximate surface area is 80.4 Å². The molecule has 1 unspecified atom stereocenters. The van der Waals surface area contributed by atoms with Crippen molar-refractivity contribution in [1.29, 1.82) is 0 Å². The second-order valence-corrected chi connectivity index (χ2v) is 3.54. The van der Waals surface area contributed by atoms with Crippen LogP contribution in [-0.2, 0) is 6.42 Å². The maximum absolute atomic E-state index is 8.97. The lowest BCUT2D eigenvalue weighted by Gasteiger charge is -2.04. The zero-order valence-electron chi connectivity index (χ0n) is 8.16. The third-order valence-corrected chi connectivity index (χ3v) is 2.09. The lowest BCUT2D eigenvalue weighted by molar-refractivity contribution is 0.207. The van der Waals surface area contributed by atoms with Crippen molar-refractivity contribution in [2.45, 2.75) is 32.3 Å². The Balaban J connectivity index is 2.37. The van der Waals surface area contributed by atoms with Crippen LogP contribution in [0.15, 0.2) is 24.3 Å². The molecule has 1 aromatic carbocycles. The van der Waals surface area contributed by atoms with Crippen molar-refractivity contribution >= 4 is 0 Å². The molecule has 1 aromatic rings. The first-order valence-corrected chi connectivity index (χ1v) is 4.75. The van der Waals surface area contributed by atoms with E-state index >= 15 is 0 Å². The van der Waals surface area contributed by atoms with E-state index < -0.39 is 6.10 Å². The van der Waals surface area contributed by atoms with Crippen molar-refractivity contribution in [1.82, 2.24) is 0 Å². The summed E-state index contributed by atoms with van der Waals surface area (Å²) in [5.74, 6) is 0. The summed E-state index contributed by atoms with van der Waals surface area (Å²) in [6, 6.07) is 8.49. The molecule has 1 nitrogen and oxygen atoms in total. The van der Waals surface area contributed by atoms with Crippen molar-refractivity contribution < 1.29 is 5.11 Å². The minimum atomic E-state index is -0.412. The summed E-state index contributed by atoms with van der Waals surface area (Å²) in [7, 11) is 0. The fourth-order valence-electron chi connectivity index (χ4n) is 1.41. The van der Waals surface area contributed by atoms with Gasteiger partial charge in [-0.3, -0.25) is 0 Å². The highest BCUT2D eigenvalue weighted by Crippen LogP contribution is 2.08. The molecule has 0 amide bonds. The molecular formula is C12H17O. The summed E-state index contributed by atoms with van der Waals surface area (Å²) in [5.41, 5.74) is 2.65. The second-order valence-electron chi connectivity index (χ2n) is 3.54. The molecule has 0 aliphatic carbocycles. The molecule has 0 spiro atoms. The standard InChI is InChI=1S/C12H17O/c1-10-5-3-7-12(9-10)8-4-6-11(2)13/h3,5,7,9,11,13H,2,4,6,8H2,1H3. The van der Waals surface area contributed by atoms with Gasteiger partial charge < -0.3 is 5.11 Å². The number of aryl methyl sites for hydroxylation is 2. The minimum absolute atomic E-state index is 0.412. The van der Waals surface area contributed by atoms with Gasteiger partial charge in [0.25, 0.3) is 0 Å². The van der Waals surface area contributed by atoms with Gasteiger partial charge in [0.15, 0.2) is 0 Å². The number of rotatable bonds is 4. The van der Waals surface area contributed by atoms with Crippen molar-refractivity contribution in [3.05, 3.63) is 42.3 Å². The molecular weight excluding hydrogens is 160 g/mol. The van der Waals surface area contributed by atoms with Crippen LogP contribution in [0.5, 0.6) is 0 Å². The van der Waals surface area contributed by atoms with Crippen LogP contribution >= 0.6 is 0 Å². The van der Waals surface area contributed by atoms with Crippen LogP contribution in [0.1, 0.15) is 24.0 Å². The Kier molecular flexibility index (Phi) is 3.97. The molecule has 0 aromatic heterocycles. The van der Waals surface area contributed by atoms with E-state index in [9.17, 15) is 0 Å². The average Bonchev–Trinajstić information content (AvgIpc) is 2.03. The largest absolute Gasteiger partial charge is 0.393 e. The van der Waals surface area contributed by atoms with Crippen LogP contribution in [0.2, 0.25) is 0 Å². The van der Waals surface area contributed by atoms with Crippen molar-refractivity contribution in [3.8, 4) is 0 Å². The van der Waals surface area contributed by atoms with Gasteiger partial charge in [0, 0.05) is 0 Å². The third kappa shape index (κ3) is 4.09. The number of hydrogen-bond acceptors (Lipinski definition) is 1. The van der Waals surface area contributed by atoms with Gasteiger partial charge in [-0.15, -0.1) is 0 Å². The topological polar surface area (TPSA) is 20.2 Å². The first kappa shape index (κ1) is 10.3. The van der Waals surface area contributed by atoms with Crippen LogP contribution in [0.25, 0.3) is 0 Å². The van der Waals surface area contributed by atoms with E-state index in [2.05, 4.69) is 38.1 Å². The first-order chi connectivity index (χ1) is 6.18. The van der Waals surface area contributed by atoms with Crippen LogP contribution in [-0.4, -0.2) is 11.2 Å². The third-order valence-electron chi connectivity index (χ3n) is 2.09. The second kappa shape index (κ2) is 5.03. The van der Waals surface area contributed by atoms with Gasteiger partial charge in [-0.25, -0.2) is 0 Å². The van der Waals surface area contributed by atoms with Gasteiger partial charge in [0.1, 0.15) is 0 Å². The Morgan fingerprint density at radius 3 is 2.85 bits per heavy atom. The van der Waals surface area contributed by atoms with Crippen molar-refractivity contribution in [2.75, 3.05) is 0 Å². The van der Waals surface area contributed by atoms with Gasteiger partial charge in [0.2, 0.25) is 0 Å². The maximum Gasteiger partial charge on any atom is 0.0541 e. The molecule has 0 saturated carbocycles. The quantitative estimate of drug-likeness (QED) is 0.749. The van der Waals surface area contributed by atoms with E-state index in [4.69, 9.17) is 5.11 Å². The highest BCUT2D eigenvalue weighted by atomic mass is 16.3. The van der Waals surface area contributed by atoms with Gasteiger partial charge in [-0.05, 0) is 38.7 Å². The molecule has 0 bridgehead atoms. The molecule has 1 rings (SSSR count). The summed E-state index contributed by atoms with van der Waals surface area (Å²) < 4.78 is 0. The number of benzene rings is 1. The van der Waals surface area contributed by atoms with E-state index in [-0.39, 0.29) is 0 Å². The summed E-state index contributed by atoms with van der Waals surface area (Å²) in [5, 5.41) is 8.97. The van der Waals surface area contributed by atoms with E-state index in [1.54, 1.807) is 0 Å². The Bertz CT molecular complexity index is 253. The summed E-state index contributed by atoms with van der Waals surface area (Å²) >= 11 is 0. The Morgan fingerprint density at radius 2 is 2.23 bits per heavy atom. The van der Waals surface area contributed by atoms with Gasteiger partial charge >= 0.3 is 0 Å². The van der Waals surface area contributed by atoms with E-state index in [1.807, 2.05) is 0 Å². The monoisotopic (exact) mass is 177 g/mol. The fraction of sp³-hybridized carbons (Fsp3) is 0.417. The normalized spacial score (nSPS) is 12.8. The number of hydrogen-bond donors (Lipinski definition) is 1. The molecule has 1 heteroatoms. The van der Waals surface area contributed by atoms with E-state index in [1.165, 1.54) is 11.1 Å². The average molecular weight is 177 g/mol. The zero-order valence-corrected chi connectivity index (χ0v) is 8.16. The highest BCUT2D eigenvalue weighted by molar-refractivity contribution is 5.22. The van der Waals surface area contributed by atoms with Gasteiger partial charge in [-0.1, -0.05) is 29.8 Å².